The third-order valence-corrected chi connectivity index (χ3v) is 10.9. The Bertz CT molecular complexity index is 2680. The number of fused-ring (bicyclic) bond motifs is 10. The summed E-state index contributed by atoms with van der Waals surface area (Å²) >= 11 is 0. The van der Waals surface area contributed by atoms with E-state index in [4.69, 9.17) is 0 Å². The highest BCUT2D eigenvalue weighted by molar-refractivity contribution is 6.28. The Hall–Kier alpha value is -6.32. The van der Waals surface area contributed by atoms with E-state index in [1.165, 1.54) is 82.7 Å². The van der Waals surface area contributed by atoms with E-state index in [0.29, 0.717) is 0 Å². The third kappa shape index (κ3) is 3.67. The molecule has 1 saturated heterocycles. The van der Waals surface area contributed by atoms with Crippen LogP contribution < -0.4 is 10.2 Å². The van der Waals surface area contributed by atoms with Crippen molar-refractivity contribution in [1.29, 1.82) is 0 Å². The monoisotopic (exact) mass is 625 g/mol. The summed E-state index contributed by atoms with van der Waals surface area (Å²) in [5.41, 5.74) is 10.7. The molecule has 11 rings (SSSR count). The van der Waals surface area contributed by atoms with E-state index in [1.54, 1.807) is 0 Å². The van der Waals surface area contributed by atoms with Gasteiger partial charge in [0.1, 0.15) is 6.04 Å². The molecule has 3 heterocycles. The summed E-state index contributed by atoms with van der Waals surface area (Å²) in [6.45, 7) is 0. The second-order valence-corrected chi connectivity index (χ2v) is 13.4. The number of para-hydroxylation sites is 2. The average Bonchev–Trinajstić information content (AvgIpc) is 3.51. The smallest absolute Gasteiger partial charge is 0.163 e. The van der Waals surface area contributed by atoms with Gasteiger partial charge in [-0.3, -0.25) is 0 Å². The fraction of sp³-hybridized carbons (Fsp3) is 0.0435. The van der Waals surface area contributed by atoms with Crippen LogP contribution in [-0.2, 0) is 5.66 Å². The lowest BCUT2D eigenvalue weighted by Crippen LogP contribution is -2.22. The lowest BCUT2D eigenvalue weighted by Gasteiger charge is -2.18. The van der Waals surface area contributed by atoms with E-state index in [1.807, 2.05) is 0 Å². The molecule has 3 heteroatoms. The highest BCUT2D eigenvalue weighted by Gasteiger charge is 2.68. The van der Waals surface area contributed by atoms with Gasteiger partial charge < -0.3 is 14.8 Å². The first kappa shape index (κ1) is 26.7. The van der Waals surface area contributed by atoms with Gasteiger partial charge in [-0.05, 0) is 80.7 Å². The Morgan fingerprint density at radius 1 is 0.490 bits per heavy atom. The standard InChI is InChI=1S/C46H31N3/c1-2-12-30(13-3-1)33-16-10-17-34(28-33)45-46(47-39-22-8-9-23-40(39)49(45)46)35-18-11-19-36(29-35)48-41-26-24-31-14-4-6-20-37(31)43(41)44-38-21-7-5-15-32(38)25-27-42(44)48/h1-29,45,47H/t45?,46-,49?/m1/s1. The molecule has 9 aromatic rings. The molecule has 0 saturated carbocycles. The molecule has 0 radical (unpaired) electrons. The van der Waals surface area contributed by atoms with Gasteiger partial charge in [-0.1, -0.05) is 133 Å². The maximum atomic E-state index is 4.02. The minimum Gasteiger partial charge on any atom is -0.355 e. The summed E-state index contributed by atoms with van der Waals surface area (Å²) in [6.07, 6.45) is 0. The van der Waals surface area contributed by atoms with Gasteiger partial charge in [0.2, 0.25) is 0 Å². The minimum atomic E-state index is -0.382. The molecule has 49 heavy (non-hydrogen) atoms. The van der Waals surface area contributed by atoms with Gasteiger partial charge in [-0.25, -0.2) is 0 Å². The van der Waals surface area contributed by atoms with E-state index >= 15 is 0 Å². The highest BCUT2D eigenvalue weighted by Crippen LogP contribution is 2.68. The molecule has 0 bridgehead atoms. The molecule has 2 aliphatic heterocycles. The van der Waals surface area contributed by atoms with Crippen molar-refractivity contribution in [1.82, 2.24) is 4.57 Å². The van der Waals surface area contributed by atoms with Crippen LogP contribution in [0.5, 0.6) is 0 Å². The third-order valence-electron chi connectivity index (χ3n) is 10.9. The lowest BCUT2D eigenvalue weighted by molar-refractivity contribution is 0.779. The zero-order valence-corrected chi connectivity index (χ0v) is 26.7. The number of nitrogens with zero attached hydrogens (tertiary/aromatic N) is 2. The minimum absolute atomic E-state index is 0.160. The zero-order valence-electron chi connectivity index (χ0n) is 26.7. The molecule has 0 aliphatic carbocycles. The number of hydrogen-bond acceptors (Lipinski definition) is 2. The second kappa shape index (κ2) is 9.85. The summed E-state index contributed by atoms with van der Waals surface area (Å²) in [6, 6.07) is 64.6. The van der Waals surface area contributed by atoms with Crippen molar-refractivity contribution in [2.45, 2.75) is 11.7 Å². The number of benzene rings is 8. The Labute approximate surface area is 284 Å². The van der Waals surface area contributed by atoms with Crippen molar-refractivity contribution in [3.05, 3.63) is 187 Å². The van der Waals surface area contributed by atoms with Crippen LogP contribution in [0.15, 0.2) is 176 Å². The molecule has 2 atom stereocenters. The van der Waals surface area contributed by atoms with Crippen molar-refractivity contribution in [3.63, 3.8) is 0 Å². The first-order valence-electron chi connectivity index (χ1n) is 17.1. The van der Waals surface area contributed by atoms with Crippen LogP contribution in [-0.4, -0.2) is 4.57 Å². The first-order valence-corrected chi connectivity index (χ1v) is 17.1. The largest absolute Gasteiger partial charge is 0.355 e. The van der Waals surface area contributed by atoms with E-state index in [-0.39, 0.29) is 11.7 Å². The Balaban J connectivity index is 1.13. The molecule has 0 amide bonds. The van der Waals surface area contributed by atoms with Gasteiger partial charge >= 0.3 is 0 Å². The Morgan fingerprint density at radius 2 is 1.12 bits per heavy atom. The van der Waals surface area contributed by atoms with Crippen LogP contribution in [0.3, 0.4) is 0 Å². The van der Waals surface area contributed by atoms with Gasteiger partial charge in [-0.15, -0.1) is 0 Å². The van der Waals surface area contributed by atoms with E-state index < -0.39 is 0 Å². The van der Waals surface area contributed by atoms with Crippen LogP contribution in [0.4, 0.5) is 11.4 Å². The van der Waals surface area contributed by atoms with Gasteiger partial charge in [0.25, 0.3) is 0 Å². The van der Waals surface area contributed by atoms with E-state index in [9.17, 15) is 0 Å². The summed E-state index contributed by atoms with van der Waals surface area (Å²) in [7, 11) is 0. The van der Waals surface area contributed by atoms with Crippen LogP contribution in [0.25, 0.3) is 60.2 Å². The molecule has 0 spiro atoms. The first-order chi connectivity index (χ1) is 24.3. The van der Waals surface area contributed by atoms with Gasteiger partial charge in [0.05, 0.1) is 22.4 Å². The van der Waals surface area contributed by atoms with E-state index in [2.05, 4.69) is 191 Å². The van der Waals surface area contributed by atoms with Crippen molar-refractivity contribution in [2.24, 2.45) is 0 Å². The van der Waals surface area contributed by atoms with Gasteiger partial charge in [-0.2, -0.15) is 0 Å². The van der Waals surface area contributed by atoms with E-state index in [0.717, 1.165) is 0 Å². The highest BCUT2D eigenvalue weighted by atomic mass is 15.6. The Kier molecular flexibility index (Phi) is 5.37. The fourth-order valence-electron chi connectivity index (χ4n) is 8.73. The number of anilines is 2. The molecule has 1 fully saturated rings. The fourth-order valence-corrected chi connectivity index (χ4v) is 8.73. The summed E-state index contributed by atoms with van der Waals surface area (Å²) < 4.78 is 2.48. The number of rotatable bonds is 4. The Morgan fingerprint density at radius 3 is 1.88 bits per heavy atom. The SMILES string of the molecule is c1ccc(-c2cccc(C3N4c5ccccc5N[C@@]34c3cccc(-n4c5ccc6ccccc6c5c5c6ccccc6ccc54)c3)c2)cc1. The summed E-state index contributed by atoms with van der Waals surface area (Å²) in [4.78, 5) is 2.57. The van der Waals surface area contributed by atoms with Crippen LogP contribution >= 0.6 is 0 Å². The van der Waals surface area contributed by atoms with Crippen molar-refractivity contribution >= 4 is 54.7 Å². The number of aromatic nitrogens is 1. The maximum absolute atomic E-state index is 4.02. The molecule has 1 unspecified atom stereocenters. The lowest BCUT2D eigenvalue weighted by atomic mass is 9.95. The molecule has 1 aromatic heterocycles. The molecule has 1 N–H and O–H groups in total. The number of nitrogens with one attached hydrogen (secondary N) is 1. The predicted molar refractivity (Wildman–Crippen MR) is 205 cm³/mol. The van der Waals surface area contributed by atoms with Gasteiger partial charge in [0.15, 0.2) is 5.66 Å². The topological polar surface area (TPSA) is 20.0 Å². The maximum Gasteiger partial charge on any atom is 0.163 e. The normalized spacial score (nSPS) is 17.8. The van der Waals surface area contributed by atoms with Crippen LogP contribution in [0.2, 0.25) is 0 Å². The molecular formula is C46H31N3. The van der Waals surface area contributed by atoms with Crippen molar-refractivity contribution in [2.75, 3.05) is 10.2 Å². The van der Waals surface area contributed by atoms with Crippen LogP contribution in [0.1, 0.15) is 17.2 Å². The zero-order chi connectivity index (χ0) is 32.1. The summed E-state index contributed by atoms with van der Waals surface area (Å²) in [5.74, 6) is 0. The molecule has 2 aliphatic rings. The molecule has 230 valence electrons. The average molecular weight is 626 g/mol. The molecular weight excluding hydrogens is 595 g/mol. The predicted octanol–water partition coefficient (Wildman–Crippen LogP) is 11.6. The molecule has 8 aromatic carbocycles. The molecule has 3 nitrogen and oxygen atoms in total. The quantitative estimate of drug-likeness (QED) is 0.196. The van der Waals surface area contributed by atoms with Crippen molar-refractivity contribution in [3.8, 4) is 16.8 Å². The number of hydrogen-bond donors (Lipinski definition) is 1. The van der Waals surface area contributed by atoms with Crippen LogP contribution in [0, 0.1) is 0 Å². The van der Waals surface area contributed by atoms with Crippen molar-refractivity contribution < 1.29 is 0 Å². The second-order valence-electron chi connectivity index (χ2n) is 13.4. The van der Waals surface area contributed by atoms with Gasteiger partial charge in [0, 0.05) is 22.0 Å². The summed E-state index contributed by atoms with van der Waals surface area (Å²) in [5, 5.41) is 11.7.